The molecule has 106 valence electrons. The molecule has 0 fully saturated rings. The second-order valence-electron chi connectivity index (χ2n) is 4.97. The Labute approximate surface area is 123 Å². The number of aryl methyl sites for hydroxylation is 2. The van der Waals surface area contributed by atoms with Gasteiger partial charge in [0.15, 0.2) is 0 Å². The van der Waals surface area contributed by atoms with Crippen molar-refractivity contribution < 1.29 is 4.79 Å². The van der Waals surface area contributed by atoms with E-state index in [0.717, 1.165) is 5.56 Å². The van der Waals surface area contributed by atoms with E-state index in [0.29, 0.717) is 13.0 Å². The zero-order valence-corrected chi connectivity index (χ0v) is 12.7. The van der Waals surface area contributed by atoms with Gasteiger partial charge in [0.05, 0.1) is 12.6 Å². The van der Waals surface area contributed by atoms with Gasteiger partial charge in [0.25, 0.3) is 0 Å². The van der Waals surface area contributed by atoms with Crippen molar-refractivity contribution in [2.75, 3.05) is 0 Å². The van der Waals surface area contributed by atoms with Crippen molar-refractivity contribution >= 4 is 17.2 Å². The molecule has 0 aliphatic heterocycles. The smallest absolute Gasteiger partial charge is 0.237 e. The third kappa shape index (κ3) is 3.92. The highest BCUT2D eigenvalue weighted by Crippen LogP contribution is 2.20. The second-order valence-corrected chi connectivity index (χ2v) is 6.31. The van der Waals surface area contributed by atoms with Gasteiger partial charge in [0.1, 0.15) is 0 Å². The summed E-state index contributed by atoms with van der Waals surface area (Å²) < 4.78 is 0. The van der Waals surface area contributed by atoms with E-state index in [9.17, 15) is 4.79 Å². The topological polar surface area (TPSA) is 55.1 Å². The lowest BCUT2D eigenvalue weighted by atomic mass is 10.1. The van der Waals surface area contributed by atoms with E-state index in [4.69, 9.17) is 5.73 Å². The Hall–Kier alpha value is -1.65. The quantitative estimate of drug-likeness (QED) is 0.888. The van der Waals surface area contributed by atoms with Crippen LogP contribution in [0.25, 0.3) is 0 Å². The van der Waals surface area contributed by atoms with E-state index in [1.165, 1.54) is 15.3 Å². The van der Waals surface area contributed by atoms with E-state index in [-0.39, 0.29) is 5.91 Å². The van der Waals surface area contributed by atoms with Crippen molar-refractivity contribution in [3.63, 3.8) is 0 Å². The Kier molecular flexibility index (Phi) is 4.93. The van der Waals surface area contributed by atoms with Crippen LogP contribution >= 0.6 is 11.3 Å². The minimum Gasteiger partial charge on any atom is -0.350 e. The van der Waals surface area contributed by atoms with Crippen LogP contribution in [0.1, 0.15) is 20.9 Å². The molecule has 3 nitrogen and oxygen atoms in total. The van der Waals surface area contributed by atoms with Crippen molar-refractivity contribution in [1.29, 1.82) is 0 Å². The number of carbonyl (C=O) groups excluding carboxylic acids is 1. The fourth-order valence-corrected chi connectivity index (χ4v) is 3.00. The number of nitrogens with two attached hydrogens (primary N) is 1. The van der Waals surface area contributed by atoms with Crippen LogP contribution in [0, 0.1) is 13.8 Å². The number of thiophene rings is 1. The number of rotatable bonds is 5. The predicted molar refractivity (Wildman–Crippen MR) is 83.8 cm³/mol. The summed E-state index contributed by atoms with van der Waals surface area (Å²) in [6, 6.07) is 11.5. The summed E-state index contributed by atoms with van der Waals surface area (Å²) in [7, 11) is 0. The Morgan fingerprint density at radius 2 is 2.00 bits per heavy atom. The summed E-state index contributed by atoms with van der Waals surface area (Å²) in [5, 5.41) is 2.91. The van der Waals surface area contributed by atoms with Gasteiger partial charge >= 0.3 is 0 Å². The Morgan fingerprint density at radius 3 is 2.60 bits per heavy atom. The highest BCUT2D eigenvalue weighted by Gasteiger charge is 2.14. The SMILES string of the molecule is Cc1cc(CNC(=O)C(N)Cc2ccccc2)sc1C. The first-order valence-electron chi connectivity index (χ1n) is 6.69. The molecule has 0 saturated heterocycles. The minimum absolute atomic E-state index is 0.0995. The molecule has 0 radical (unpaired) electrons. The van der Waals surface area contributed by atoms with Crippen molar-refractivity contribution in [2.24, 2.45) is 5.73 Å². The summed E-state index contributed by atoms with van der Waals surface area (Å²) in [6.45, 7) is 4.73. The van der Waals surface area contributed by atoms with E-state index >= 15 is 0 Å². The maximum absolute atomic E-state index is 12.0. The van der Waals surface area contributed by atoms with Crippen LogP contribution in [0.5, 0.6) is 0 Å². The molecule has 3 N–H and O–H groups in total. The first-order valence-corrected chi connectivity index (χ1v) is 7.51. The lowest BCUT2D eigenvalue weighted by Crippen LogP contribution is -2.41. The third-order valence-electron chi connectivity index (χ3n) is 3.29. The van der Waals surface area contributed by atoms with Gasteiger partial charge in [0.2, 0.25) is 5.91 Å². The van der Waals surface area contributed by atoms with Crippen molar-refractivity contribution in [2.45, 2.75) is 32.9 Å². The monoisotopic (exact) mass is 288 g/mol. The van der Waals surface area contributed by atoms with Crippen molar-refractivity contribution in [3.8, 4) is 0 Å². The number of hydrogen-bond donors (Lipinski definition) is 2. The Morgan fingerprint density at radius 1 is 1.30 bits per heavy atom. The molecule has 0 aliphatic rings. The molecule has 4 heteroatoms. The van der Waals surface area contributed by atoms with Gasteiger partial charge in [0, 0.05) is 9.75 Å². The summed E-state index contributed by atoms with van der Waals surface area (Å²) >= 11 is 1.72. The predicted octanol–water partition coefficient (Wildman–Crippen LogP) is 2.55. The molecule has 1 atom stereocenters. The summed E-state index contributed by atoms with van der Waals surface area (Å²) in [4.78, 5) is 14.4. The number of amides is 1. The van der Waals surface area contributed by atoms with E-state index in [1.54, 1.807) is 11.3 Å². The molecule has 2 rings (SSSR count). The Balaban J connectivity index is 1.85. The fourth-order valence-electron chi connectivity index (χ4n) is 2.00. The lowest BCUT2D eigenvalue weighted by Gasteiger charge is -2.11. The average molecular weight is 288 g/mol. The minimum atomic E-state index is -0.500. The van der Waals surface area contributed by atoms with Crippen molar-refractivity contribution in [1.82, 2.24) is 5.32 Å². The molecule has 2 aromatic rings. The molecule has 0 saturated carbocycles. The van der Waals surface area contributed by atoms with Crippen LogP contribution in [-0.4, -0.2) is 11.9 Å². The molecule has 1 heterocycles. The van der Waals surface area contributed by atoms with Gasteiger partial charge in [-0.3, -0.25) is 4.79 Å². The molecular weight excluding hydrogens is 268 g/mol. The highest BCUT2D eigenvalue weighted by atomic mass is 32.1. The number of nitrogens with one attached hydrogen (secondary N) is 1. The average Bonchev–Trinajstić information content (AvgIpc) is 2.76. The van der Waals surface area contributed by atoms with Gasteiger partial charge in [-0.25, -0.2) is 0 Å². The second kappa shape index (κ2) is 6.68. The number of benzene rings is 1. The number of carbonyl (C=O) groups is 1. The molecule has 1 amide bonds. The van der Waals surface area contributed by atoms with E-state index < -0.39 is 6.04 Å². The molecule has 0 bridgehead atoms. The summed E-state index contributed by atoms with van der Waals surface area (Å²) in [5.41, 5.74) is 8.29. The van der Waals surface area contributed by atoms with Crippen molar-refractivity contribution in [3.05, 3.63) is 57.3 Å². The largest absolute Gasteiger partial charge is 0.350 e. The maximum atomic E-state index is 12.0. The third-order valence-corrected chi connectivity index (χ3v) is 4.44. The first kappa shape index (κ1) is 14.8. The zero-order chi connectivity index (χ0) is 14.5. The summed E-state index contributed by atoms with van der Waals surface area (Å²) in [6.07, 6.45) is 0.565. The highest BCUT2D eigenvalue weighted by molar-refractivity contribution is 7.12. The normalized spacial score (nSPS) is 12.2. The molecule has 0 aliphatic carbocycles. The molecular formula is C16H20N2OS. The van der Waals surface area contributed by atoms with Gasteiger partial charge in [-0.15, -0.1) is 11.3 Å². The lowest BCUT2D eigenvalue weighted by molar-refractivity contribution is -0.122. The van der Waals surface area contributed by atoms with Crippen LogP contribution in [0.4, 0.5) is 0 Å². The van der Waals surface area contributed by atoms with Gasteiger partial charge in [-0.1, -0.05) is 30.3 Å². The van der Waals surface area contributed by atoms with Gasteiger partial charge in [-0.2, -0.15) is 0 Å². The molecule has 1 aromatic carbocycles. The number of hydrogen-bond acceptors (Lipinski definition) is 3. The van der Waals surface area contributed by atoms with Crippen LogP contribution in [0.2, 0.25) is 0 Å². The summed E-state index contributed by atoms with van der Waals surface area (Å²) in [5.74, 6) is -0.0995. The van der Waals surface area contributed by atoms with Crippen LogP contribution in [0.3, 0.4) is 0 Å². The Bertz CT molecular complexity index is 558. The maximum Gasteiger partial charge on any atom is 0.237 e. The van der Waals surface area contributed by atoms with Crippen LogP contribution in [-0.2, 0) is 17.8 Å². The van der Waals surface area contributed by atoms with Crippen LogP contribution < -0.4 is 11.1 Å². The molecule has 1 unspecified atom stereocenters. The molecule has 1 aromatic heterocycles. The molecule has 20 heavy (non-hydrogen) atoms. The standard InChI is InChI=1S/C16H20N2OS/c1-11-8-14(20-12(11)2)10-18-16(19)15(17)9-13-6-4-3-5-7-13/h3-8,15H,9-10,17H2,1-2H3,(H,18,19). The first-order chi connectivity index (χ1) is 9.56. The van der Waals surface area contributed by atoms with Gasteiger partial charge < -0.3 is 11.1 Å². The van der Waals surface area contributed by atoms with Gasteiger partial charge in [-0.05, 0) is 37.5 Å². The van der Waals surface area contributed by atoms with Crippen LogP contribution in [0.15, 0.2) is 36.4 Å². The zero-order valence-electron chi connectivity index (χ0n) is 11.8. The fraction of sp³-hybridized carbons (Fsp3) is 0.312. The van der Waals surface area contributed by atoms with E-state index in [2.05, 4.69) is 25.2 Å². The van der Waals surface area contributed by atoms with E-state index in [1.807, 2.05) is 30.3 Å². The molecule has 0 spiro atoms.